The third-order valence-corrected chi connectivity index (χ3v) is 4.47. The second-order valence-corrected chi connectivity index (χ2v) is 6.04. The van der Waals surface area contributed by atoms with Crippen LogP contribution in [0.25, 0.3) is 0 Å². The van der Waals surface area contributed by atoms with Crippen molar-refractivity contribution >= 4 is 21.8 Å². The molecular formula is C15H21BrN2O2. The molecule has 4 nitrogen and oxygen atoms in total. The van der Waals surface area contributed by atoms with Crippen molar-refractivity contribution in [2.75, 3.05) is 26.8 Å². The zero-order valence-electron chi connectivity index (χ0n) is 11.8. The fourth-order valence-electron chi connectivity index (χ4n) is 2.60. The summed E-state index contributed by atoms with van der Waals surface area (Å²) >= 11 is 3.51. The monoisotopic (exact) mass is 340 g/mol. The molecule has 1 aliphatic heterocycles. The van der Waals surface area contributed by atoms with Crippen molar-refractivity contribution in [1.82, 2.24) is 9.88 Å². The van der Waals surface area contributed by atoms with E-state index in [9.17, 15) is 4.79 Å². The molecule has 1 fully saturated rings. The average Bonchev–Trinajstić information content (AvgIpc) is 2.99. The first-order valence-electron chi connectivity index (χ1n) is 7.08. The number of pyridine rings is 1. The number of nitrogens with zero attached hydrogens (tertiary/aromatic N) is 2. The molecule has 20 heavy (non-hydrogen) atoms. The van der Waals surface area contributed by atoms with E-state index < -0.39 is 0 Å². The van der Waals surface area contributed by atoms with Gasteiger partial charge in [0.1, 0.15) is 0 Å². The lowest BCUT2D eigenvalue weighted by atomic mass is 9.95. The number of methoxy groups -OCH3 is 1. The lowest BCUT2D eigenvalue weighted by molar-refractivity contribution is -0.135. The zero-order valence-corrected chi connectivity index (χ0v) is 13.4. The molecule has 0 spiro atoms. The molecule has 1 aromatic rings. The Labute approximate surface area is 128 Å². The molecule has 2 rings (SSSR count). The van der Waals surface area contributed by atoms with Crippen molar-refractivity contribution in [3.63, 3.8) is 0 Å². The molecule has 1 aliphatic rings. The van der Waals surface area contributed by atoms with Crippen molar-refractivity contribution in [1.29, 1.82) is 0 Å². The number of carbonyl (C=O) groups excluding carboxylic acids is 1. The van der Waals surface area contributed by atoms with Crippen LogP contribution in [0.15, 0.2) is 22.9 Å². The van der Waals surface area contributed by atoms with Gasteiger partial charge in [-0.15, -0.1) is 0 Å². The molecule has 0 saturated carbocycles. The third-order valence-electron chi connectivity index (χ3n) is 3.76. The van der Waals surface area contributed by atoms with Crippen molar-refractivity contribution in [3.8, 4) is 0 Å². The Balaban J connectivity index is 2.06. The van der Waals surface area contributed by atoms with Gasteiger partial charge in [0.15, 0.2) is 0 Å². The van der Waals surface area contributed by atoms with Crippen LogP contribution in [0.1, 0.15) is 24.8 Å². The second kappa shape index (κ2) is 7.74. The van der Waals surface area contributed by atoms with Crippen LogP contribution < -0.4 is 0 Å². The number of hydrogen-bond donors (Lipinski definition) is 0. The molecular weight excluding hydrogens is 320 g/mol. The lowest BCUT2D eigenvalue weighted by Gasteiger charge is -2.23. The van der Waals surface area contributed by atoms with Crippen LogP contribution in [0.3, 0.4) is 0 Å². The van der Waals surface area contributed by atoms with E-state index >= 15 is 0 Å². The fourth-order valence-corrected chi connectivity index (χ4v) is 3.02. The molecule has 1 saturated heterocycles. The molecule has 5 heteroatoms. The third kappa shape index (κ3) is 4.03. The van der Waals surface area contributed by atoms with Gasteiger partial charge in [-0.25, -0.2) is 0 Å². The summed E-state index contributed by atoms with van der Waals surface area (Å²) in [6.45, 7) is 2.42. The number of likely N-dealkylation sites (tertiary alicyclic amines) is 1. The van der Waals surface area contributed by atoms with Crippen molar-refractivity contribution in [2.24, 2.45) is 5.92 Å². The van der Waals surface area contributed by atoms with Crippen LogP contribution in [-0.4, -0.2) is 42.6 Å². The maximum atomic E-state index is 12.6. The Bertz CT molecular complexity index is 447. The number of hydrogen-bond acceptors (Lipinski definition) is 3. The molecule has 2 heterocycles. The van der Waals surface area contributed by atoms with Crippen molar-refractivity contribution in [2.45, 2.75) is 25.7 Å². The first-order chi connectivity index (χ1) is 9.72. The van der Waals surface area contributed by atoms with E-state index in [1.54, 1.807) is 19.5 Å². The van der Waals surface area contributed by atoms with Gasteiger partial charge in [0.05, 0.1) is 0 Å². The molecule has 0 aliphatic carbocycles. The number of rotatable bonds is 6. The summed E-state index contributed by atoms with van der Waals surface area (Å²) in [5, 5.41) is 0. The zero-order chi connectivity index (χ0) is 14.4. The largest absolute Gasteiger partial charge is 0.385 e. The number of aromatic nitrogens is 1. The first-order valence-corrected chi connectivity index (χ1v) is 7.87. The molecule has 1 atom stereocenters. The van der Waals surface area contributed by atoms with E-state index in [0.717, 1.165) is 48.8 Å². The minimum absolute atomic E-state index is 0.00764. The average molecular weight is 341 g/mol. The maximum absolute atomic E-state index is 12.6. The van der Waals surface area contributed by atoms with E-state index in [-0.39, 0.29) is 11.8 Å². The van der Waals surface area contributed by atoms with Crippen LogP contribution in [0.2, 0.25) is 0 Å². The summed E-state index contributed by atoms with van der Waals surface area (Å²) in [4.78, 5) is 18.7. The highest BCUT2D eigenvalue weighted by molar-refractivity contribution is 9.10. The number of amides is 1. The highest BCUT2D eigenvalue weighted by atomic mass is 79.9. The van der Waals surface area contributed by atoms with Gasteiger partial charge >= 0.3 is 0 Å². The van der Waals surface area contributed by atoms with Crippen molar-refractivity contribution < 1.29 is 9.53 Å². The first kappa shape index (κ1) is 15.4. The molecule has 0 aromatic carbocycles. The van der Waals surface area contributed by atoms with Gasteiger partial charge in [-0.3, -0.25) is 9.78 Å². The predicted octanol–water partition coefficient (Wildman–Crippen LogP) is 2.66. The highest BCUT2D eigenvalue weighted by Gasteiger charge is 2.26. The highest BCUT2D eigenvalue weighted by Crippen LogP contribution is 2.23. The summed E-state index contributed by atoms with van der Waals surface area (Å²) < 4.78 is 6.13. The standard InChI is InChI=1S/C15H21BrN2O2/c1-20-9-5-13(15(19)18-7-2-3-8-18)10-12-4-6-17-11-14(12)16/h4,6,11,13H,2-3,5,7-10H2,1H3. The summed E-state index contributed by atoms with van der Waals surface area (Å²) in [6.07, 6.45) is 7.31. The van der Waals surface area contributed by atoms with Gasteiger partial charge < -0.3 is 9.64 Å². The molecule has 1 aromatic heterocycles. The number of halogens is 1. The van der Waals surface area contributed by atoms with Gasteiger partial charge in [-0.2, -0.15) is 0 Å². The molecule has 0 N–H and O–H groups in total. The van der Waals surface area contributed by atoms with Gasteiger partial charge in [-0.05, 0) is 53.2 Å². The van der Waals surface area contributed by atoms with Gasteiger partial charge in [0, 0.05) is 49.6 Å². The predicted molar refractivity (Wildman–Crippen MR) is 81.4 cm³/mol. The van der Waals surface area contributed by atoms with Gasteiger partial charge in [0.2, 0.25) is 5.91 Å². The van der Waals surface area contributed by atoms with Gasteiger partial charge in [0.25, 0.3) is 0 Å². The minimum Gasteiger partial charge on any atom is -0.385 e. The fraction of sp³-hybridized carbons (Fsp3) is 0.600. The normalized spacial score (nSPS) is 16.4. The van der Waals surface area contributed by atoms with Crippen LogP contribution in [0.5, 0.6) is 0 Å². The topological polar surface area (TPSA) is 42.4 Å². The number of ether oxygens (including phenoxy) is 1. The van der Waals surface area contributed by atoms with Gasteiger partial charge in [-0.1, -0.05) is 0 Å². The molecule has 0 radical (unpaired) electrons. The van der Waals surface area contributed by atoms with Crippen LogP contribution in [0, 0.1) is 5.92 Å². The Morgan fingerprint density at radius 2 is 2.25 bits per heavy atom. The van der Waals surface area contributed by atoms with E-state index in [2.05, 4.69) is 20.9 Å². The molecule has 1 amide bonds. The Hall–Kier alpha value is -0.940. The van der Waals surface area contributed by atoms with Crippen LogP contribution in [-0.2, 0) is 16.0 Å². The van der Waals surface area contributed by atoms with E-state index in [4.69, 9.17) is 4.74 Å². The maximum Gasteiger partial charge on any atom is 0.226 e. The SMILES string of the molecule is COCCC(Cc1ccncc1Br)C(=O)N1CCCC1. The quantitative estimate of drug-likeness (QED) is 0.799. The van der Waals surface area contributed by atoms with E-state index in [0.29, 0.717) is 6.61 Å². The minimum atomic E-state index is -0.00764. The molecule has 0 bridgehead atoms. The van der Waals surface area contributed by atoms with E-state index in [1.165, 1.54) is 0 Å². The smallest absolute Gasteiger partial charge is 0.226 e. The Morgan fingerprint density at radius 1 is 1.50 bits per heavy atom. The summed E-state index contributed by atoms with van der Waals surface area (Å²) in [5.74, 6) is 0.259. The Morgan fingerprint density at radius 3 is 2.90 bits per heavy atom. The van der Waals surface area contributed by atoms with Crippen LogP contribution in [0.4, 0.5) is 0 Å². The summed E-state index contributed by atoms with van der Waals surface area (Å²) in [5.41, 5.74) is 1.13. The van der Waals surface area contributed by atoms with Crippen molar-refractivity contribution in [3.05, 3.63) is 28.5 Å². The molecule has 110 valence electrons. The lowest BCUT2D eigenvalue weighted by Crippen LogP contribution is -2.35. The molecule has 1 unspecified atom stereocenters. The number of carbonyl (C=O) groups is 1. The second-order valence-electron chi connectivity index (χ2n) is 5.18. The summed E-state index contributed by atoms with van der Waals surface area (Å²) in [7, 11) is 1.68. The van der Waals surface area contributed by atoms with Crippen LogP contribution >= 0.6 is 15.9 Å². The summed E-state index contributed by atoms with van der Waals surface area (Å²) in [6, 6.07) is 1.97. The van der Waals surface area contributed by atoms with E-state index in [1.807, 2.05) is 11.0 Å². The Kier molecular flexibility index (Phi) is 5.98.